The number of H-pyrrole nitrogens is 1. The first-order valence-electron chi connectivity index (χ1n) is 7.62. The van der Waals surface area contributed by atoms with Gasteiger partial charge in [-0.3, -0.25) is 0 Å². The number of aromatic carboxylic acids is 1. The molecule has 0 atom stereocenters. The van der Waals surface area contributed by atoms with Crippen LogP contribution in [0.2, 0.25) is 0 Å². The van der Waals surface area contributed by atoms with Gasteiger partial charge in [0, 0.05) is 23.5 Å². The lowest BCUT2D eigenvalue weighted by Gasteiger charge is -2.09. The van der Waals surface area contributed by atoms with Crippen LogP contribution in [0, 0.1) is 0 Å². The number of carboxylic acid groups (broad SMARTS) is 1. The molecule has 2 N–H and O–H groups in total. The lowest BCUT2D eigenvalue weighted by molar-refractivity contribution is 0.0600. The van der Waals surface area contributed by atoms with Gasteiger partial charge in [-0.2, -0.15) is 0 Å². The minimum atomic E-state index is -1.00. The fraction of sp³-hybridized carbons (Fsp3) is 0.158. The van der Waals surface area contributed by atoms with Crippen LogP contribution in [0.15, 0.2) is 42.6 Å². The third-order valence-corrected chi connectivity index (χ3v) is 4.10. The second-order valence-corrected chi connectivity index (χ2v) is 5.57. The van der Waals surface area contributed by atoms with Crippen LogP contribution in [0.3, 0.4) is 0 Å². The Morgan fingerprint density at radius 3 is 2.48 bits per heavy atom. The molecule has 3 rings (SSSR count). The van der Waals surface area contributed by atoms with Crippen LogP contribution in [0.5, 0.6) is 5.75 Å². The molecule has 6 nitrogen and oxygen atoms in total. The van der Waals surface area contributed by atoms with Crippen molar-refractivity contribution in [2.24, 2.45) is 0 Å². The van der Waals surface area contributed by atoms with E-state index in [2.05, 4.69) is 4.98 Å². The van der Waals surface area contributed by atoms with E-state index < -0.39 is 11.9 Å². The molecule has 128 valence electrons. The van der Waals surface area contributed by atoms with Gasteiger partial charge in [-0.05, 0) is 41.5 Å². The molecule has 0 bridgehead atoms. The Balaban J connectivity index is 2.00. The number of carboxylic acids is 1. The highest BCUT2D eigenvalue weighted by Crippen LogP contribution is 2.27. The topological polar surface area (TPSA) is 88.6 Å². The van der Waals surface area contributed by atoms with Gasteiger partial charge in [0.25, 0.3) is 0 Å². The highest BCUT2D eigenvalue weighted by Gasteiger charge is 2.13. The maximum atomic E-state index is 11.7. The number of aromatic amines is 1. The average molecular weight is 339 g/mol. The maximum absolute atomic E-state index is 11.7. The molecule has 0 unspecified atom stereocenters. The van der Waals surface area contributed by atoms with Gasteiger partial charge in [0.15, 0.2) is 0 Å². The van der Waals surface area contributed by atoms with Gasteiger partial charge >= 0.3 is 11.9 Å². The van der Waals surface area contributed by atoms with E-state index in [0.29, 0.717) is 17.7 Å². The number of methoxy groups -OCH3 is 2. The van der Waals surface area contributed by atoms with Gasteiger partial charge in [0.2, 0.25) is 0 Å². The van der Waals surface area contributed by atoms with E-state index in [4.69, 9.17) is 14.6 Å². The quantitative estimate of drug-likeness (QED) is 0.697. The summed E-state index contributed by atoms with van der Waals surface area (Å²) in [6.07, 6.45) is 2.41. The van der Waals surface area contributed by atoms with E-state index in [9.17, 15) is 9.59 Å². The van der Waals surface area contributed by atoms with Crippen molar-refractivity contribution >= 4 is 22.8 Å². The van der Waals surface area contributed by atoms with Gasteiger partial charge < -0.3 is 19.6 Å². The van der Waals surface area contributed by atoms with Gasteiger partial charge in [0.1, 0.15) is 5.75 Å². The molecule has 2 aromatic carbocycles. The lowest BCUT2D eigenvalue weighted by Crippen LogP contribution is -2.01. The minimum absolute atomic E-state index is 0.174. The number of esters is 1. The lowest BCUT2D eigenvalue weighted by atomic mass is 10.0. The van der Waals surface area contributed by atoms with Crippen molar-refractivity contribution in [2.75, 3.05) is 14.2 Å². The second-order valence-electron chi connectivity index (χ2n) is 5.57. The van der Waals surface area contributed by atoms with Crippen molar-refractivity contribution < 1.29 is 24.2 Å². The van der Waals surface area contributed by atoms with Crippen LogP contribution in [-0.4, -0.2) is 36.2 Å². The van der Waals surface area contributed by atoms with Crippen molar-refractivity contribution in [1.82, 2.24) is 4.98 Å². The summed E-state index contributed by atoms with van der Waals surface area (Å²) >= 11 is 0. The predicted molar refractivity (Wildman–Crippen MR) is 92.4 cm³/mol. The van der Waals surface area contributed by atoms with Crippen molar-refractivity contribution in [3.8, 4) is 5.75 Å². The molecular formula is C19H17NO5. The first kappa shape index (κ1) is 16.6. The van der Waals surface area contributed by atoms with Gasteiger partial charge in [0.05, 0.1) is 25.3 Å². The number of carbonyl (C=O) groups is 2. The third-order valence-electron chi connectivity index (χ3n) is 4.10. The largest absolute Gasteiger partial charge is 0.496 e. The summed E-state index contributed by atoms with van der Waals surface area (Å²) < 4.78 is 10.1. The fourth-order valence-corrected chi connectivity index (χ4v) is 2.80. The van der Waals surface area contributed by atoms with Crippen molar-refractivity contribution in [1.29, 1.82) is 0 Å². The molecule has 0 fully saturated rings. The third kappa shape index (κ3) is 3.19. The first-order chi connectivity index (χ1) is 12.0. The summed E-state index contributed by atoms with van der Waals surface area (Å²) in [5.41, 5.74) is 3.39. The number of rotatable bonds is 5. The van der Waals surface area contributed by atoms with Crippen LogP contribution in [0.25, 0.3) is 10.9 Å². The summed E-state index contributed by atoms with van der Waals surface area (Å²) in [5, 5.41) is 10.0. The van der Waals surface area contributed by atoms with E-state index in [1.165, 1.54) is 20.3 Å². The SMILES string of the molecule is COC(=O)c1ccc2[nH]cc(Cc3ccc(C(=O)O)cc3OC)c2c1. The molecule has 0 aliphatic heterocycles. The number of ether oxygens (including phenoxy) is 2. The average Bonchev–Trinajstić information content (AvgIpc) is 3.03. The van der Waals surface area contributed by atoms with E-state index in [1.54, 1.807) is 24.3 Å². The van der Waals surface area contributed by atoms with Gasteiger partial charge in [-0.15, -0.1) is 0 Å². The summed E-state index contributed by atoms with van der Waals surface area (Å²) in [4.78, 5) is 26.0. The minimum Gasteiger partial charge on any atom is -0.496 e. The molecule has 0 radical (unpaired) electrons. The van der Waals surface area contributed by atoms with Crippen LogP contribution < -0.4 is 4.74 Å². The second kappa shape index (κ2) is 6.68. The summed E-state index contributed by atoms with van der Waals surface area (Å²) in [7, 11) is 2.86. The Morgan fingerprint density at radius 2 is 1.80 bits per heavy atom. The van der Waals surface area contributed by atoms with Crippen LogP contribution in [0.4, 0.5) is 0 Å². The number of aromatic nitrogens is 1. The number of fused-ring (bicyclic) bond motifs is 1. The summed E-state index contributed by atoms with van der Waals surface area (Å²) in [5.74, 6) is -0.879. The van der Waals surface area contributed by atoms with Crippen molar-refractivity contribution in [3.63, 3.8) is 0 Å². The molecule has 0 aliphatic rings. The Kier molecular flexibility index (Phi) is 4.43. The number of hydrogen-bond donors (Lipinski definition) is 2. The standard InChI is InChI=1S/C19H17NO5/c1-24-17-9-12(18(21)22)4-3-11(17)7-14-10-20-16-6-5-13(8-15(14)16)19(23)25-2/h3-6,8-10,20H,7H2,1-2H3,(H,21,22). The van der Waals surface area contributed by atoms with E-state index >= 15 is 0 Å². The summed E-state index contributed by atoms with van der Waals surface area (Å²) in [6.45, 7) is 0. The molecule has 25 heavy (non-hydrogen) atoms. The van der Waals surface area contributed by atoms with Crippen LogP contribution in [-0.2, 0) is 11.2 Å². The van der Waals surface area contributed by atoms with Gasteiger partial charge in [-0.1, -0.05) is 6.07 Å². The number of hydrogen-bond acceptors (Lipinski definition) is 4. The predicted octanol–water partition coefficient (Wildman–Crippen LogP) is 3.25. The Labute approximate surface area is 144 Å². The first-order valence-corrected chi connectivity index (χ1v) is 7.62. The van der Waals surface area contributed by atoms with Crippen molar-refractivity contribution in [2.45, 2.75) is 6.42 Å². The fourth-order valence-electron chi connectivity index (χ4n) is 2.80. The highest BCUT2D eigenvalue weighted by atomic mass is 16.5. The monoisotopic (exact) mass is 339 g/mol. The molecule has 3 aromatic rings. The number of carbonyl (C=O) groups excluding carboxylic acids is 1. The zero-order valence-corrected chi connectivity index (χ0v) is 13.8. The Morgan fingerprint density at radius 1 is 1.04 bits per heavy atom. The van der Waals surface area contributed by atoms with E-state index in [-0.39, 0.29) is 5.56 Å². The van der Waals surface area contributed by atoms with E-state index in [0.717, 1.165) is 22.0 Å². The highest BCUT2D eigenvalue weighted by molar-refractivity contribution is 5.95. The molecule has 0 aliphatic carbocycles. The van der Waals surface area contributed by atoms with Crippen LogP contribution in [0.1, 0.15) is 31.8 Å². The molecule has 0 spiro atoms. The molecular weight excluding hydrogens is 322 g/mol. The molecule has 0 saturated heterocycles. The molecule has 0 saturated carbocycles. The zero-order valence-electron chi connectivity index (χ0n) is 13.8. The molecule has 1 heterocycles. The van der Waals surface area contributed by atoms with Gasteiger partial charge in [-0.25, -0.2) is 9.59 Å². The Hall–Kier alpha value is -3.28. The zero-order chi connectivity index (χ0) is 18.0. The normalized spacial score (nSPS) is 10.6. The smallest absolute Gasteiger partial charge is 0.337 e. The van der Waals surface area contributed by atoms with Crippen LogP contribution >= 0.6 is 0 Å². The maximum Gasteiger partial charge on any atom is 0.337 e. The van der Waals surface area contributed by atoms with Crippen molar-refractivity contribution in [3.05, 3.63) is 64.8 Å². The molecule has 0 amide bonds. The number of nitrogens with one attached hydrogen (secondary N) is 1. The van der Waals surface area contributed by atoms with E-state index in [1.807, 2.05) is 12.3 Å². The summed E-state index contributed by atoms with van der Waals surface area (Å²) in [6, 6.07) is 10.1. The number of benzene rings is 2. The molecule has 1 aromatic heterocycles. The molecule has 6 heteroatoms. The Bertz CT molecular complexity index is 958.